The van der Waals surface area contributed by atoms with Gasteiger partial charge in [-0.1, -0.05) is 36.4 Å². The number of hydrogen-bond donors (Lipinski definition) is 2. The number of halogens is 2. The Kier molecular flexibility index (Phi) is 10.5. The third-order valence-corrected chi connectivity index (χ3v) is 7.12. The van der Waals surface area contributed by atoms with Crippen LogP contribution in [0.1, 0.15) is 16.8 Å². The molecular formula is C30H36Cl2N6O. The van der Waals surface area contributed by atoms with E-state index >= 15 is 0 Å². The zero-order valence-electron chi connectivity index (χ0n) is 22.1. The Morgan fingerprint density at radius 3 is 2.41 bits per heavy atom. The Hall–Kier alpha value is -3.36. The summed E-state index contributed by atoms with van der Waals surface area (Å²) >= 11 is 0. The number of nitrogens with zero attached hydrogens (tertiary/aromatic N) is 4. The predicted octanol–water partition coefficient (Wildman–Crippen LogP) is 5.43. The summed E-state index contributed by atoms with van der Waals surface area (Å²) < 4.78 is 0. The van der Waals surface area contributed by atoms with E-state index in [-0.39, 0.29) is 24.8 Å². The fraction of sp³-hybridized carbons (Fsp3) is 0.267. The van der Waals surface area contributed by atoms with Gasteiger partial charge >= 0.3 is 6.03 Å². The maximum absolute atomic E-state index is 12.4. The average Bonchev–Trinajstić information content (AvgIpc) is 2.92. The van der Waals surface area contributed by atoms with Crippen molar-refractivity contribution in [2.45, 2.75) is 19.9 Å². The van der Waals surface area contributed by atoms with E-state index in [0.717, 1.165) is 67.3 Å². The fourth-order valence-corrected chi connectivity index (χ4v) is 5.15. The van der Waals surface area contributed by atoms with Gasteiger partial charge in [-0.15, -0.1) is 24.8 Å². The average molecular weight is 568 g/mol. The van der Waals surface area contributed by atoms with Crippen molar-refractivity contribution < 1.29 is 4.79 Å². The molecule has 2 heterocycles. The first kappa shape index (κ1) is 30.2. The normalized spacial score (nSPS) is 13.4. The van der Waals surface area contributed by atoms with Crippen LogP contribution in [-0.4, -0.2) is 48.6 Å². The summed E-state index contributed by atoms with van der Waals surface area (Å²) in [6.07, 6.45) is 0.899. The number of nitrogens with two attached hydrogens (primary N) is 2. The number of urea groups is 1. The summed E-state index contributed by atoms with van der Waals surface area (Å²) in [6, 6.07) is 25.8. The predicted molar refractivity (Wildman–Crippen MR) is 166 cm³/mol. The van der Waals surface area contributed by atoms with Crippen LogP contribution in [0.4, 0.5) is 21.9 Å². The van der Waals surface area contributed by atoms with Crippen molar-refractivity contribution in [2.75, 3.05) is 42.5 Å². The quantitative estimate of drug-likeness (QED) is 0.311. The Labute approximate surface area is 242 Å². The van der Waals surface area contributed by atoms with Crippen LogP contribution >= 0.6 is 24.8 Å². The van der Waals surface area contributed by atoms with E-state index < -0.39 is 6.03 Å². The number of pyridine rings is 1. The van der Waals surface area contributed by atoms with E-state index in [4.69, 9.17) is 16.5 Å². The second-order valence-electron chi connectivity index (χ2n) is 9.55. The minimum absolute atomic E-state index is 0. The number of piperazine rings is 1. The van der Waals surface area contributed by atoms with Crippen LogP contribution in [0, 0.1) is 6.92 Å². The van der Waals surface area contributed by atoms with Crippen LogP contribution in [-0.2, 0) is 13.0 Å². The molecule has 0 aliphatic carbocycles. The van der Waals surface area contributed by atoms with Gasteiger partial charge < -0.3 is 16.4 Å². The molecule has 1 aromatic heterocycles. The van der Waals surface area contributed by atoms with Crippen LogP contribution < -0.4 is 21.3 Å². The van der Waals surface area contributed by atoms with Crippen molar-refractivity contribution in [3.63, 3.8) is 0 Å². The van der Waals surface area contributed by atoms with Gasteiger partial charge in [-0.05, 0) is 66.9 Å². The highest BCUT2D eigenvalue weighted by molar-refractivity contribution is 5.99. The molecule has 0 unspecified atom stereocenters. The maximum atomic E-state index is 12.4. The van der Waals surface area contributed by atoms with E-state index in [9.17, 15) is 4.79 Å². The highest BCUT2D eigenvalue weighted by Gasteiger charge is 2.20. The van der Waals surface area contributed by atoms with E-state index in [1.165, 1.54) is 16.6 Å². The van der Waals surface area contributed by atoms with Crippen LogP contribution in [0.25, 0.3) is 10.9 Å². The number of benzene rings is 3. The minimum atomic E-state index is -0.520. The first-order valence-corrected chi connectivity index (χ1v) is 12.8. The number of fused-ring (bicyclic) bond motifs is 1. The number of carbonyl (C=O) groups excluding carboxylic acids is 1. The van der Waals surface area contributed by atoms with Gasteiger partial charge in [0.1, 0.15) is 0 Å². The Bertz CT molecular complexity index is 1410. The van der Waals surface area contributed by atoms with E-state index in [0.29, 0.717) is 6.54 Å². The van der Waals surface area contributed by atoms with Gasteiger partial charge in [-0.2, -0.15) is 0 Å². The van der Waals surface area contributed by atoms with Crippen molar-refractivity contribution in [1.29, 1.82) is 0 Å². The van der Waals surface area contributed by atoms with Gasteiger partial charge in [0.2, 0.25) is 0 Å². The summed E-state index contributed by atoms with van der Waals surface area (Å²) in [7, 11) is 0. The fourth-order valence-electron chi connectivity index (χ4n) is 5.15. The maximum Gasteiger partial charge on any atom is 0.323 e. The molecule has 0 spiro atoms. The van der Waals surface area contributed by atoms with Gasteiger partial charge in [-0.25, -0.2) is 4.79 Å². The molecule has 0 saturated carbocycles. The second-order valence-corrected chi connectivity index (χ2v) is 9.55. The van der Waals surface area contributed by atoms with E-state index in [1.54, 1.807) is 4.90 Å². The van der Waals surface area contributed by atoms with Crippen molar-refractivity contribution in [1.82, 2.24) is 9.88 Å². The summed E-state index contributed by atoms with van der Waals surface area (Å²) in [5.41, 5.74) is 18.6. The first-order valence-electron chi connectivity index (χ1n) is 12.8. The molecule has 1 aliphatic heterocycles. The Balaban J connectivity index is 0.00000210. The molecule has 9 heteroatoms. The molecule has 0 atom stereocenters. The van der Waals surface area contributed by atoms with Crippen molar-refractivity contribution in [2.24, 2.45) is 11.5 Å². The number of hydrogen-bond acceptors (Lipinski definition) is 5. The van der Waals surface area contributed by atoms with Gasteiger partial charge in [0, 0.05) is 56.0 Å². The lowest BCUT2D eigenvalue weighted by molar-refractivity contribution is 0.256. The molecule has 4 N–H and O–H groups in total. The minimum Gasteiger partial charge on any atom is -0.368 e. The summed E-state index contributed by atoms with van der Waals surface area (Å²) in [6.45, 7) is 7.31. The number of amides is 2. The standard InChI is InChI=1S/C30H34N6O.2ClH/c1-22-12-13-26-27(33-22)9-5-11-29(26)35-18-16-34(17-19-35)15-14-23-6-4-8-25(20-23)36(30(32)37)28-10-3-2-7-24(28)21-31;;/h2-13,20H,14-19,21,31H2,1H3,(H2,32,37);2*1H. The number of carbonyl (C=O) groups is 1. The highest BCUT2D eigenvalue weighted by atomic mass is 35.5. The first-order chi connectivity index (χ1) is 18.0. The molecule has 1 fully saturated rings. The molecule has 7 nitrogen and oxygen atoms in total. The molecule has 0 bridgehead atoms. The summed E-state index contributed by atoms with van der Waals surface area (Å²) in [5.74, 6) is 0. The number of aromatic nitrogens is 1. The summed E-state index contributed by atoms with van der Waals surface area (Å²) in [5, 5.41) is 1.22. The molecule has 206 valence electrons. The molecule has 1 aliphatic rings. The number of anilines is 3. The van der Waals surface area contributed by atoms with Crippen LogP contribution in [0.3, 0.4) is 0 Å². The van der Waals surface area contributed by atoms with Crippen LogP contribution in [0.2, 0.25) is 0 Å². The second kappa shape index (κ2) is 13.6. The molecule has 4 aromatic rings. The topological polar surface area (TPSA) is 91.7 Å². The SMILES string of the molecule is Cc1ccc2c(N3CCN(CCc4cccc(N(C(N)=O)c5ccccc5CN)c4)CC3)cccc2n1.Cl.Cl. The zero-order chi connectivity index (χ0) is 25.8. The lowest BCUT2D eigenvalue weighted by atomic mass is 10.1. The van der Waals surface area contributed by atoms with Gasteiger partial charge in [0.05, 0.1) is 16.9 Å². The van der Waals surface area contributed by atoms with Crippen molar-refractivity contribution >= 4 is 58.8 Å². The van der Waals surface area contributed by atoms with Crippen LogP contribution in [0.15, 0.2) is 78.9 Å². The molecule has 5 rings (SSSR count). The summed E-state index contributed by atoms with van der Waals surface area (Å²) in [4.78, 5) is 23.6. The number of para-hydroxylation sites is 1. The monoisotopic (exact) mass is 566 g/mol. The smallest absolute Gasteiger partial charge is 0.323 e. The molecule has 0 radical (unpaired) electrons. The van der Waals surface area contributed by atoms with Gasteiger partial charge in [0.15, 0.2) is 0 Å². The lowest BCUT2D eigenvalue weighted by Crippen LogP contribution is -2.47. The third-order valence-electron chi connectivity index (χ3n) is 7.12. The van der Waals surface area contributed by atoms with Gasteiger partial charge in [0.25, 0.3) is 0 Å². The highest BCUT2D eigenvalue weighted by Crippen LogP contribution is 2.30. The van der Waals surface area contributed by atoms with Gasteiger partial charge in [-0.3, -0.25) is 14.8 Å². The van der Waals surface area contributed by atoms with Crippen LogP contribution in [0.5, 0.6) is 0 Å². The molecule has 1 saturated heterocycles. The zero-order valence-corrected chi connectivity index (χ0v) is 23.8. The molecule has 3 aromatic carbocycles. The van der Waals surface area contributed by atoms with E-state index in [2.05, 4.69) is 52.3 Å². The van der Waals surface area contributed by atoms with Crippen molar-refractivity contribution in [3.8, 4) is 0 Å². The van der Waals surface area contributed by atoms with Crippen molar-refractivity contribution in [3.05, 3.63) is 95.7 Å². The molecule has 39 heavy (non-hydrogen) atoms. The lowest BCUT2D eigenvalue weighted by Gasteiger charge is -2.36. The molecule has 2 amide bonds. The molecular weight excluding hydrogens is 531 g/mol. The third kappa shape index (κ3) is 6.81. The van der Waals surface area contributed by atoms with E-state index in [1.807, 2.05) is 43.3 Å². The number of rotatable bonds is 7. The number of primary amides is 1. The number of aryl methyl sites for hydroxylation is 1. The Morgan fingerprint density at radius 1 is 0.923 bits per heavy atom. The largest absolute Gasteiger partial charge is 0.368 e. The Morgan fingerprint density at radius 2 is 1.67 bits per heavy atom.